The molecule has 1 rings (SSSR count). The molecule has 0 radical (unpaired) electrons. The highest BCUT2D eigenvalue weighted by atomic mass is 32.2. The van der Waals surface area contributed by atoms with Crippen LogP contribution in [0, 0.1) is 5.41 Å². The first-order valence-electron chi connectivity index (χ1n) is 8.83. The van der Waals surface area contributed by atoms with Crippen molar-refractivity contribution < 1.29 is 9.53 Å². The van der Waals surface area contributed by atoms with Gasteiger partial charge in [-0.15, -0.1) is 0 Å². The van der Waals surface area contributed by atoms with E-state index in [1.165, 1.54) is 12.2 Å². The zero-order chi connectivity index (χ0) is 17.7. The minimum absolute atomic E-state index is 0.241. The highest BCUT2D eigenvalue weighted by Crippen LogP contribution is 2.33. The van der Waals surface area contributed by atoms with Gasteiger partial charge in [-0.25, -0.2) is 4.79 Å². The zero-order valence-electron chi connectivity index (χ0n) is 16.0. The lowest BCUT2D eigenvalue weighted by Crippen LogP contribution is -2.57. The molecule has 5 heteroatoms. The third-order valence-electron chi connectivity index (χ3n) is 4.46. The molecule has 1 amide bonds. The van der Waals surface area contributed by atoms with Crippen LogP contribution in [0.5, 0.6) is 0 Å². The minimum Gasteiger partial charge on any atom is -0.444 e. The first-order valence-corrected chi connectivity index (χ1v) is 9.99. The molecule has 1 atom stereocenters. The van der Waals surface area contributed by atoms with E-state index in [1.54, 1.807) is 0 Å². The average molecular weight is 345 g/mol. The summed E-state index contributed by atoms with van der Waals surface area (Å²) in [5.74, 6) is 2.38. The normalized spacial score (nSPS) is 21.8. The lowest BCUT2D eigenvalue weighted by atomic mass is 9.87. The van der Waals surface area contributed by atoms with Gasteiger partial charge in [0.15, 0.2) is 0 Å². The van der Waals surface area contributed by atoms with Gasteiger partial charge >= 0.3 is 6.09 Å². The van der Waals surface area contributed by atoms with Crippen LogP contribution in [0.3, 0.4) is 0 Å². The van der Waals surface area contributed by atoms with Crippen molar-refractivity contribution in [2.45, 2.75) is 84.9 Å². The van der Waals surface area contributed by atoms with Crippen LogP contribution in [0.15, 0.2) is 0 Å². The van der Waals surface area contributed by atoms with Crippen LogP contribution in [0.1, 0.15) is 67.7 Å². The molecule has 0 saturated carbocycles. The van der Waals surface area contributed by atoms with Gasteiger partial charge in [-0.1, -0.05) is 27.7 Å². The second-order valence-corrected chi connectivity index (χ2v) is 9.61. The summed E-state index contributed by atoms with van der Waals surface area (Å²) in [6, 6.07) is 0.515. The fraction of sp³-hybridized carbons (Fsp3) is 0.944. The third kappa shape index (κ3) is 7.34. The summed E-state index contributed by atoms with van der Waals surface area (Å²) in [7, 11) is 0. The van der Waals surface area contributed by atoms with E-state index < -0.39 is 5.60 Å². The summed E-state index contributed by atoms with van der Waals surface area (Å²) in [5, 5.41) is 6.81. The second-order valence-electron chi connectivity index (χ2n) is 8.58. The van der Waals surface area contributed by atoms with Crippen LogP contribution in [-0.2, 0) is 4.74 Å². The fourth-order valence-corrected chi connectivity index (χ4v) is 4.28. The summed E-state index contributed by atoms with van der Waals surface area (Å²) in [6.07, 6.45) is 2.65. The van der Waals surface area contributed by atoms with E-state index in [-0.39, 0.29) is 11.6 Å². The van der Waals surface area contributed by atoms with Gasteiger partial charge in [0.1, 0.15) is 5.60 Å². The van der Waals surface area contributed by atoms with Gasteiger partial charge in [0, 0.05) is 18.3 Å². The number of hydrogen-bond acceptors (Lipinski definition) is 4. The third-order valence-corrected chi connectivity index (χ3v) is 6.08. The van der Waals surface area contributed by atoms with Crippen molar-refractivity contribution in [2.24, 2.45) is 5.41 Å². The Morgan fingerprint density at radius 1 is 1.26 bits per heavy atom. The number of carbonyl (C=O) groups is 1. The molecule has 0 aromatic carbocycles. The number of rotatable bonds is 6. The number of thioether (sulfide) groups is 1. The number of carbonyl (C=O) groups excluding carboxylic acids is 1. The molecule has 0 spiro atoms. The van der Waals surface area contributed by atoms with Crippen molar-refractivity contribution in [3.63, 3.8) is 0 Å². The Hall–Kier alpha value is -0.420. The summed E-state index contributed by atoms with van der Waals surface area (Å²) < 4.78 is 5.44. The topological polar surface area (TPSA) is 50.4 Å². The summed E-state index contributed by atoms with van der Waals surface area (Å²) in [4.78, 5) is 12.2. The van der Waals surface area contributed by atoms with Gasteiger partial charge in [0.05, 0.1) is 5.54 Å². The number of ether oxygens (including phenoxy) is 1. The number of alkyl carbamates (subject to hydrolysis) is 1. The summed E-state index contributed by atoms with van der Waals surface area (Å²) in [5.41, 5.74) is -0.316. The molecule has 0 bridgehead atoms. The molecule has 1 fully saturated rings. The highest BCUT2D eigenvalue weighted by Gasteiger charge is 2.33. The van der Waals surface area contributed by atoms with Crippen molar-refractivity contribution in [3.05, 3.63) is 0 Å². The van der Waals surface area contributed by atoms with Crippen molar-refractivity contribution in [2.75, 3.05) is 18.1 Å². The van der Waals surface area contributed by atoms with E-state index in [9.17, 15) is 4.79 Å². The molecule has 2 N–H and O–H groups in total. The quantitative estimate of drug-likeness (QED) is 0.758. The molecule has 4 nitrogen and oxygen atoms in total. The lowest BCUT2D eigenvalue weighted by Gasteiger charge is -2.39. The van der Waals surface area contributed by atoms with Crippen LogP contribution in [0.4, 0.5) is 4.79 Å². The molecule has 1 unspecified atom stereocenters. The van der Waals surface area contributed by atoms with Crippen molar-refractivity contribution in [3.8, 4) is 0 Å². The monoisotopic (exact) mass is 344 g/mol. The number of amides is 1. The van der Waals surface area contributed by atoms with Crippen LogP contribution in [0.25, 0.3) is 0 Å². The Balaban J connectivity index is 2.61. The maximum absolute atomic E-state index is 12.2. The molecule has 0 aliphatic carbocycles. The highest BCUT2D eigenvalue weighted by molar-refractivity contribution is 7.99. The molecule has 1 saturated heterocycles. The zero-order valence-corrected chi connectivity index (χ0v) is 16.9. The first-order chi connectivity index (χ1) is 10.5. The Morgan fingerprint density at radius 2 is 1.87 bits per heavy atom. The Labute approximate surface area is 146 Å². The number of nitrogens with one attached hydrogen (secondary N) is 2. The standard InChI is InChI=1S/C18H36N2O2S/c1-8-18(9-2,20-15(21)22-16(3,4)5)12-19-14-10-17(6,7)13-23-11-14/h14,19H,8-13H2,1-7H3,(H,20,21). The van der Waals surface area contributed by atoms with Crippen molar-refractivity contribution in [1.82, 2.24) is 10.6 Å². The van der Waals surface area contributed by atoms with Crippen molar-refractivity contribution in [1.29, 1.82) is 0 Å². The maximum Gasteiger partial charge on any atom is 0.408 e. The lowest BCUT2D eigenvalue weighted by molar-refractivity contribution is 0.0443. The Kier molecular flexibility index (Phi) is 7.27. The van der Waals surface area contributed by atoms with Gasteiger partial charge in [-0.3, -0.25) is 0 Å². The van der Waals surface area contributed by atoms with E-state index >= 15 is 0 Å². The molecule has 23 heavy (non-hydrogen) atoms. The average Bonchev–Trinajstić information content (AvgIpc) is 2.40. The van der Waals surface area contributed by atoms with E-state index in [0.717, 1.165) is 25.1 Å². The predicted molar refractivity (Wildman–Crippen MR) is 100 cm³/mol. The van der Waals surface area contributed by atoms with Crippen LogP contribution < -0.4 is 10.6 Å². The molecule has 136 valence electrons. The SMILES string of the molecule is CCC(CC)(CNC1CSCC(C)(C)C1)NC(=O)OC(C)(C)C. The molecule has 0 aromatic rings. The van der Waals surface area contributed by atoms with Crippen LogP contribution in [0.2, 0.25) is 0 Å². The maximum atomic E-state index is 12.2. The minimum atomic E-state index is -0.464. The van der Waals surface area contributed by atoms with Gasteiger partial charge in [0.25, 0.3) is 0 Å². The van der Waals surface area contributed by atoms with E-state index in [4.69, 9.17) is 4.74 Å². The van der Waals surface area contributed by atoms with E-state index in [2.05, 4.69) is 38.3 Å². The number of hydrogen-bond donors (Lipinski definition) is 2. The molecule has 0 aromatic heterocycles. The predicted octanol–water partition coefficient (Wildman–Crippen LogP) is 4.19. The largest absolute Gasteiger partial charge is 0.444 e. The Bertz CT molecular complexity index is 387. The smallest absolute Gasteiger partial charge is 0.408 e. The molecule has 1 aliphatic heterocycles. The van der Waals surface area contributed by atoms with Crippen molar-refractivity contribution >= 4 is 17.9 Å². The van der Waals surface area contributed by atoms with Crippen LogP contribution >= 0.6 is 11.8 Å². The summed E-state index contributed by atoms with van der Waals surface area (Å²) in [6.45, 7) is 15.4. The van der Waals surface area contributed by atoms with Gasteiger partial charge < -0.3 is 15.4 Å². The Morgan fingerprint density at radius 3 is 2.35 bits per heavy atom. The second kappa shape index (κ2) is 8.11. The molecular formula is C18H36N2O2S. The molecular weight excluding hydrogens is 308 g/mol. The van der Waals surface area contributed by atoms with Crippen LogP contribution in [-0.4, -0.2) is 41.3 Å². The van der Waals surface area contributed by atoms with Gasteiger partial charge in [0.2, 0.25) is 0 Å². The summed E-state index contributed by atoms with van der Waals surface area (Å²) >= 11 is 2.02. The van der Waals surface area contributed by atoms with E-state index in [1.807, 2.05) is 32.5 Å². The van der Waals surface area contributed by atoms with Gasteiger partial charge in [-0.2, -0.15) is 11.8 Å². The van der Waals surface area contributed by atoms with E-state index in [0.29, 0.717) is 11.5 Å². The first kappa shape index (κ1) is 20.6. The fourth-order valence-electron chi connectivity index (χ4n) is 2.97. The van der Waals surface area contributed by atoms with Gasteiger partial charge in [-0.05, 0) is 51.2 Å². The molecule has 1 heterocycles. The molecule has 1 aliphatic rings.